The van der Waals surface area contributed by atoms with Crippen molar-refractivity contribution in [2.24, 2.45) is 5.92 Å². The van der Waals surface area contributed by atoms with Gasteiger partial charge in [-0.25, -0.2) is 0 Å². The van der Waals surface area contributed by atoms with Crippen molar-refractivity contribution in [2.45, 2.75) is 38.0 Å². The molecule has 1 saturated carbocycles. The molecule has 1 rings (SSSR count). The molecule has 0 saturated heterocycles. The van der Waals surface area contributed by atoms with Crippen LogP contribution in [0.1, 0.15) is 26.2 Å². The summed E-state index contributed by atoms with van der Waals surface area (Å²) < 4.78 is 50.2. The van der Waals surface area contributed by atoms with Crippen LogP contribution in [0.15, 0.2) is 0 Å². The Labute approximate surface area is 62.6 Å². The fourth-order valence-electron chi connectivity index (χ4n) is 1.34. The molecule has 0 aliphatic heterocycles. The summed E-state index contributed by atoms with van der Waals surface area (Å²) in [6.45, 7) is 1.17. The van der Waals surface area contributed by atoms with Crippen molar-refractivity contribution in [2.75, 3.05) is 0 Å². The van der Waals surface area contributed by atoms with Crippen molar-refractivity contribution in [3.8, 4) is 0 Å². The summed E-state index contributed by atoms with van der Waals surface area (Å²) in [5.41, 5.74) is 0. The van der Waals surface area contributed by atoms with E-state index in [1.54, 1.807) is 0 Å². The normalized spacial score (nSPS) is 35.2. The molecule has 1 fully saturated rings. The molecular formula is C7H10F4. The Morgan fingerprint density at radius 2 is 1.73 bits per heavy atom. The molecule has 66 valence electrons. The van der Waals surface area contributed by atoms with Gasteiger partial charge in [0.05, 0.1) is 0 Å². The molecule has 0 spiro atoms. The van der Waals surface area contributed by atoms with Crippen molar-refractivity contribution in [3.63, 3.8) is 0 Å². The van der Waals surface area contributed by atoms with E-state index in [-0.39, 0.29) is 12.8 Å². The molecule has 4 heteroatoms. The second kappa shape index (κ2) is 2.35. The summed E-state index contributed by atoms with van der Waals surface area (Å²) in [5, 5.41) is 0. The lowest BCUT2D eigenvalue weighted by molar-refractivity contribution is -0.252. The minimum Gasteiger partial charge on any atom is -0.200 e. The third kappa shape index (κ3) is 1.23. The highest BCUT2D eigenvalue weighted by molar-refractivity contribution is 4.92. The quantitative estimate of drug-likeness (QED) is 0.490. The minimum absolute atomic E-state index is 0.197. The first kappa shape index (κ1) is 8.81. The third-order valence-corrected chi connectivity index (χ3v) is 2.23. The van der Waals surface area contributed by atoms with E-state index in [9.17, 15) is 17.6 Å². The van der Waals surface area contributed by atoms with Gasteiger partial charge < -0.3 is 0 Å². The van der Waals surface area contributed by atoms with Gasteiger partial charge in [0, 0.05) is 12.3 Å². The first-order chi connectivity index (χ1) is 4.88. The highest BCUT2D eigenvalue weighted by Crippen LogP contribution is 2.48. The molecule has 0 aromatic carbocycles. The fourth-order valence-corrected chi connectivity index (χ4v) is 1.34. The Kier molecular flexibility index (Phi) is 1.89. The lowest BCUT2D eigenvalue weighted by atomic mass is 9.84. The summed E-state index contributed by atoms with van der Waals surface area (Å²) in [6, 6.07) is 0. The first-order valence-corrected chi connectivity index (χ1v) is 3.63. The third-order valence-electron chi connectivity index (χ3n) is 2.23. The van der Waals surface area contributed by atoms with Crippen LogP contribution in [0.5, 0.6) is 0 Å². The van der Waals surface area contributed by atoms with Gasteiger partial charge in [-0.1, -0.05) is 6.92 Å². The van der Waals surface area contributed by atoms with E-state index < -0.39 is 24.2 Å². The fraction of sp³-hybridized carbons (Fsp3) is 1.00. The number of alkyl halides is 4. The van der Waals surface area contributed by atoms with E-state index in [1.165, 1.54) is 6.92 Å². The van der Waals surface area contributed by atoms with Crippen molar-refractivity contribution in [3.05, 3.63) is 0 Å². The summed E-state index contributed by atoms with van der Waals surface area (Å²) in [5.74, 6) is -8.78. The monoisotopic (exact) mass is 170 g/mol. The summed E-state index contributed by atoms with van der Waals surface area (Å²) in [7, 11) is 0. The molecule has 1 unspecified atom stereocenters. The van der Waals surface area contributed by atoms with Gasteiger partial charge in [0.25, 0.3) is 0 Å². The van der Waals surface area contributed by atoms with Crippen LogP contribution in [0, 0.1) is 5.92 Å². The number of halogens is 4. The summed E-state index contributed by atoms with van der Waals surface area (Å²) in [6.07, 6.45) is -0.281. The highest BCUT2D eigenvalue weighted by Gasteiger charge is 2.60. The van der Waals surface area contributed by atoms with Gasteiger partial charge in [0.15, 0.2) is 0 Å². The minimum atomic E-state index is -3.80. The average Bonchev–Trinajstić information content (AvgIpc) is 1.84. The summed E-state index contributed by atoms with van der Waals surface area (Å²) >= 11 is 0. The molecule has 11 heavy (non-hydrogen) atoms. The predicted molar refractivity (Wildman–Crippen MR) is 32.9 cm³/mol. The topological polar surface area (TPSA) is 0 Å². The Bertz CT molecular complexity index is 153. The lowest BCUT2D eigenvalue weighted by Crippen LogP contribution is -2.48. The zero-order valence-corrected chi connectivity index (χ0v) is 6.21. The standard InChI is InChI=1S/C7H10F4/c1-5-3-2-4-6(8,9)7(5,10)11/h5H,2-4H2,1H3. The van der Waals surface area contributed by atoms with Gasteiger partial charge in [-0.05, 0) is 12.8 Å². The van der Waals surface area contributed by atoms with Crippen molar-refractivity contribution < 1.29 is 17.6 Å². The molecule has 0 aromatic rings. The average molecular weight is 170 g/mol. The lowest BCUT2D eigenvalue weighted by Gasteiger charge is -2.35. The smallest absolute Gasteiger partial charge is 0.200 e. The van der Waals surface area contributed by atoms with Gasteiger partial charge >= 0.3 is 11.8 Å². The van der Waals surface area contributed by atoms with Crippen molar-refractivity contribution in [1.29, 1.82) is 0 Å². The Morgan fingerprint density at radius 1 is 1.18 bits per heavy atom. The van der Waals surface area contributed by atoms with Crippen molar-refractivity contribution >= 4 is 0 Å². The van der Waals surface area contributed by atoms with E-state index in [1.807, 2.05) is 0 Å². The maximum atomic E-state index is 12.6. The van der Waals surface area contributed by atoms with Crippen LogP contribution >= 0.6 is 0 Å². The zero-order chi connectivity index (χ0) is 8.70. The molecule has 0 heterocycles. The molecule has 1 atom stereocenters. The van der Waals surface area contributed by atoms with E-state index in [0.29, 0.717) is 0 Å². The molecule has 1 aliphatic carbocycles. The first-order valence-electron chi connectivity index (χ1n) is 3.63. The molecule has 0 amide bonds. The van der Waals surface area contributed by atoms with Crippen LogP contribution in [-0.2, 0) is 0 Å². The van der Waals surface area contributed by atoms with Crippen LogP contribution in [0.3, 0.4) is 0 Å². The van der Waals surface area contributed by atoms with Crippen molar-refractivity contribution in [1.82, 2.24) is 0 Å². The highest BCUT2D eigenvalue weighted by atomic mass is 19.3. The zero-order valence-electron chi connectivity index (χ0n) is 6.21. The van der Waals surface area contributed by atoms with Crippen LogP contribution in [0.4, 0.5) is 17.6 Å². The second-order valence-corrected chi connectivity index (χ2v) is 3.12. The number of hydrogen-bond acceptors (Lipinski definition) is 0. The molecule has 0 N–H and O–H groups in total. The predicted octanol–water partition coefficient (Wildman–Crippen LogP) is 3.08. The summed E-state index contributed by atoms with van der Waals surface area (Å²) in [4.78, 5) is 0. The maximum absolute atomic E-state index is 12.6. The molecule has 1 aliphatic rings. The van der Waals surface area contributed by atoms with E-state index in [0.717, 1.165) is 0 Å². The van der Waals surface area contributed by atoms with Gasteiger partial charge in [-0.15, -0.1) is 0 Å². The van der Waals surface area contributed by atoms with Crippen LogP contribution in [0.25, 0.3) is 0 Å². The molecule has 0 aromatic heterocycles. The Balaban J connectivity index is 2.82. The largest absolute Gasteiger partial charge is 0.312 e. The van der Waals surface area contributed by atoms with Gasteiger partial charge in [0.1, 0.15) is 0 Å². The maximum Gasteiger partial charge on any atom is 0.312 e. The molecule has 0 bridgehead atoms. The Morgan fingerprint density at radius 3 is 2.09 bits per heavy atom. The van der Waals surface area contributed by atoms with Gasteiger partial charge in [0.2, 0.25) is 0 Å². The van der Waals surface area contributed by atoms with Crippen LogP contribution in [0.2, 0.25) is 0 Å². The van der Waals surface area contributed by atoms with Gasteiger partial charge in [-0.2, -0.15) is 17.6 Å². The van der Waals surface area contributed by atoms with Crippen LogP contribution < -0.4 is 0 Å². The van der Waals surface area contributed by atoms with Crippen LogP contribution in [-0.4, -0.2) is 11.8 Å². The Hall–Kier alpha value is -0.280. The number of hydrogen-bond donors (Lipinski definition) is 0. The second-order valence-electron chi connectivity index (χ2n) is 3.12. The van der Waals surface area contributed by atoms with E-state index >= 15 is 0 Å². The van der Waals surface area contributed by atoms with E-state index in [2.05, 4.69) is 0 Å². The SMILES string of the molecule is CC1CCCC(F)(F)C1(F)F. The van der Waals surface area contributed by atoms with Gasteiger partial charge in [-0.3, -0.25) is 0 Å². The molecular weight excluding hydrogens is 160 g/mol. The number of rotatable bonds is 0. The molecule has 0 radical (unpaired) electrons. The molecule has 0 nitrogen and oxygen atoms in total. The van der Waals surface area contributed by atoms with E-state index in [4.69, 9.17) is 0 Å².